The van der Waals surface area contributed by atoms with Crippen molar-refractivity contribution in [2.75, 3.05) is 49.1 Å². The summed E-state index contributed by atoms with van der Waals surface area (Å²) in [6, 6.07) is 9.73. The summed E-state index contributed by atoms with van der Waals surface area (Å²) in [5.74, 6) is 1.86. The molecule has 142 valence electrons. The van der Waals surface area contributed by atoms with Crippen molar-refractivity contribution in [3.05, 3.63) is 42.2 Å². The topological polar surface area (TPSA) is 65.5 Å². The largest absolute Gasteiger partial charge is 0.353 e. The van der Waals surface area contributed by atoms with Crippen molar-refractivity contribution in [2.24, 2.45) is 0 Å². The van der Waals surface area contributed by atoms with Gasteiger partial charge in [-0.15, -0.1) is 10.2 Å². The molecule has 4 heterocycles. The van der Waals surface area contributed by atoms with Crippen molar-refractivity contribution in [3.63, 3.8) is 0 Å². The van der Waals surface area contributed by atoms with Gasteiger partial charge in [0.05, 0.1) is 0 Å². The molecule has 2 aromatic rings. The van der Waals surface area contributed by atoms with E-state index in [9.17, 15) is 4.79 Å². The van der Waals surface area contributed by atoms with Crippen LogP contribution in [0, 0.1) is 0 Å². The standard InChI is InChI=1S/C20H26N6O/c27-20(26-11-5-1-2-6-12-26)17-8-9-19(23-22-17)25-15-13-24(14-16-25)18-7-3-4-10-21-18/h3-4,7-10H,1-2,5-6,11-16H2. The second-order valence-electron chi connectivity index (χ2n) is 7.15. The van der Waals surface area contributed by atoms with Gasteiger partial charge in [-0.1, -0.05) is 18.9 Å². The molecule has 0 unspecified atom stereocenters. The van der Waals surface area contributed by atoms with E-state index in [0.29, 0.717) is 5.69 Å². The number of rotatable bonds is 3. The molecule has 0 spiro atoms. The van der Waals surface area contributed by atoms with Crippen LogP contribution in [0.1, 0.15) is 36.2 Å². The number of likely N-dealkylation sites (tertiary alicyclic amines) is 1. The van der Waals surface area contributed by atoms with Crippen LogP contribution in [0.2, 0.25) is 0 Å². The lowest BCUT2D eigenvalue weighted by molar-refractivity contribution is 0.0754. The van der Waals surface area contributed by atoms with Gasteiger partial charge in [-0.05, 0) is 37.1 Å². The van der Waals surface area contributed by atoms with E-state index in [4.69, 9.17) is 0 Å². The highest BCUT2D eigenvalue weighted by atomic mass is 16.2. The van der Waals surface area contributed by atoms with Crippen LogP contribution >= 0.6 is 0 Å². The average molecular weight is 366 g/mol. The van der Waals surface area contributed by atoms with Crippen molar-refractivity contribution in [1.82, 2.24) is 20.1 Å². The third-order valence-corrected chi connectivity index (χ3v) is 5.34. The molecule has 7 nitrogen and oxygen atoms in total. The molecule has 0 aromatic carbocycles. The lowest BCUT2D eigenvalue weighted by atomic mass is 10.2. The molecule has 2 fully saturated rings. The van der Waals surface area contributed by atoms with Crippen molar-refractivity contribution >= 4 is 17.5 Å². The van der Waals surface area contributed by atoms with Gasteiger partial charge >= 0.3 is 0 Å². The number of pyridine rings is 1. The lowest BCUT2D eigenvalue weighted by Crippen LogP contribution is -2.47. The summed E-state index contributed by atoms with van der Waals surface area (Å²) in [6.45, 7) is 5.19. The molecular weight excluding hydrogens is 340 g/mol. The lowest BCUT2D eigenvalue weighted by Gasteiger charge is -2.35. The van der Waals surface area contributed by atoms with E-state index in [1.807, 2.05) is 41.4 Å². The molecule has 0 N–H and O–H groups in total. The Balaban J connectivity index is 1.36. The summed E-state index contributed by atoms with van der Waals surface area (Å²) in [6.07, 6.45) is 6.40. The third-order valence-electron chi connectivity index (χ3n) is 5.34. The van der Waals surface area contributed by atoms with Gasteiger partial charge in [0.1, 0.15) is 5.82 Å². The first kappa shape index (κ1) is 17.7. The SMILES string of the molecule is O=C(c1ccc(N2CCN(c3ccccn3)CC2)nn1)N1CCCCCC1. The summed E-state index contributed by atoms with van der Waals surface area (Å²) in [5.41, 5.74) is 0.452. The molecule has 2 aliphatic heterocycles. The van der Waals surface area contributed by atoms with Crippen LogP contribution in [0.5, 0.6) is 0 Å². The molecule has 7 heteroatoms. The highest BCUT2D eigenvalue weighted by molar-refractivity contribution is 5.92. The maximum atomic E-state index is 12.6. The quantitative estimate of drug-likeness (QED) is 0.830. The van der Waals surface area contributed by atoms with Crippen LogP contribution in [-0.2, 0) is 0 Å². The third kappa shape index (κ3) is 4.18. The first-order valence-electron chi connectivity index (χ1n) is 9.85. The zero-order valence-corrected chi connectivity index (χ0v) is 15.6. The first-order valence-corrected chi connectivity index (χ1v) is 9.85. The van der Waals surface area contributed by atoms with Gasteiger partial charge in [-0.2, -0.15) is 0 Å². The Bertz CT molecular complexity index is 735. The molecule has 0 saturated carbocycles. The van der Waals surface area contributed by atoms with Gasteiger partial charge in [0, 0.05) is 45.5 Å². The number of amides is 1. The molecule has 2 saturated heterocycles. The molecule has 0 aliphatic carbocycles. The average Bonchev–Trinajstić information content (AvgIpc) is 3.04. The first-order chi connectivity index (χ1) is 13.3. The summed E-state index contributed by atoms with van der Waals surface area (Å²) in [7, 11) is 0. The Hall–Kier alpha value is -2.70. The number of aromatic nitrogens is 3. The Morgan fingerprint density at radius 3 is 2.04 bits per heavy atom. The van der Waals surface area contributed by atoms with Gasteiger partial charge in [-0.25, -0.2) is 4.98 Å². The maximum Gasteiger partial charge on any atom is 0.274 e. The highest BCUT2D eigenvalue weighted by Crippen LogP contribution is 2.18. The van der Waals surface area contributed by atoms with Crippen molar-refractivity contribution < 1.29 is 4.79 Å². The number of carbonyl (C=O) groups excluding carboxylic acids is 1. The maximum absolute atomic E-state index is 12.6. The van der Waals surface area contributed by atoms with Crippen LogP contribution in [-0.4, -0.2) is 65.3 Å². The van der Waals surface area contributed by atoms with E-state index >= 15 is 0 Å². The zero-order valence-electron chi connectivity index (χ0n) is 15.6. The summed E-state index contributed by atoms with van der Waals surface area (Å²) >= 11 is 0. The van der Waals surface area contributed by atoms with Crippen LogP contribution < -0.4 is 9.80 Å². The van der Waals surface area contributed by atoms with E-state index in [-0.39, 0.29) is 5.91 Å². The van der Waals surface area contributed by atoms with E-state index in [0.717, 1.165) is 63.7 Å². The predicted octanol–water partition coefficient (Wildman–Crippen LogP) is 2.21. The van der Waals surface area contributed by atoms with Crippen molar-refractivity contribution in [1.29, 1.82) is 0 Å². The molecule has 2 aromatic heterocycles. The molecule has 0 radical (unpaired) electrons. The summed E-state index contributed by atoms with van der Waals surface area (Å²) in [5, 5.41) is 8.56. The number of carbonyl (C=O) groups is 1. The van der Waals surface area contributed by atoms with Gasteiger partial charge in [0.25, 0.3) is 5.91 Å². The van der Waals surface area contributed by atoms with E-state index in [2.05, 4.69) is 25.0 Å². The van der Waals surface area contributed by atoms with E-state index in [1.165, 1.54) is 12.8 Å². The smallest absolute Gasteiger partial charge is 0.274 e. The van der Waals surface area contributed by atoms with E-state index in [1.54, 1.807) is 0 Å². The van der Waals surface area contributed by atoms with Crippen molar-refractivity contribution in [2.45, 2.75) is 25.7 Å². The fourth-order valence-electron chi connectivity index (χ4n) is 3.75. The van der Waals surface area contributed by atoms with Crippen LogP contribution in [0.4, 0.5) is 11.6 Å². The number of anilines is 2. The monoisotopic (exact) mass is 366 g/mol. The van der Waals surface area contributed by atoms with Gasteiger partial charge < -0.3 is 14.7 Å². The second-order valence-corrected chi connectivity index (χ2v) is 7.15. The van der Waals surface area contributed by atoms with Crippen LogP contribution in [0.3, 0.4) is 0 Å². The van der Waals surface area contributed by atoms with Crippen molar-refractivity contribution in [3.8, 4) is 0 Å². The molecule has 4 rings (SSSR count). The van der Waals surface area contributed by atoms with Crippen LogP contribution in [0.15, 0.2) is 36.5 Å². The molecular formula is C20H26N6O. The summed E-state index contributed by atoms with van der Waals surface area (Å²) < 4.78 is 0. The Kier molecular flexibility index (Phi) is 5.46. The van der Waals surface area contributed by atoms with Gasteiger partial charge in [-0.3, -0.25) is 4.79 Å². The van der Waals surface area contributed by atoms with Crippen LogP contribution in [0.25, 0.3) is 0 Å². The molecule has 0 atom stereocenters. The van der Waals surface area contributed by atoms with E-state index < -0.39 is 0 Å². The molecule has 2 aliphatic rings. The number of hydrogen-bond donors (Lipinski definition) is 0. The minimum Gasteiger partial charge on any atom is -0.353 e. The molecule has 27 heavy (non-hydrogen) atoms. The minimum absolute atomic E-state index is 0.0101. The fraction of sp³-hybridized carbons (Fsp3) is 0.500. The predicted molar refractivity (Wildman–Crippen MR) is 105 cm³/mol. The van der Waals surface area contributed by atoms with Gasteiger partial charge in [0.2, 0.25) is 0 Å². The Morgan fingerprint density at radius 1 is 0.741 bits per heavy atom. The molecule has 0 bridgehead atoms. The highest BCUT2D eigenvalue weighted by Gasteiger charge is 2.21. The fourth-order valence-corrected chi connectivity index (χ4v) is 3.75. The molecule has 1 amide bonds. The number of hydrogen-bond acceptors (Lipinski definition) is 6. The minimum atomic E-state index is 0.0101. The number of piperazine rings is 1. The Labute approximate surface area is 160 Å². The summed E-state index contributed by atoms with van der Waals surface area (Å²) in [4.78, 5) is 23.5. The van der Waals surface area contributed by atoms with Gasteiger partial charge in [0.15, 0.2) is 11.5 Å². The Morgan fingerprint density at radius 2 is 1.44 bits per heavy atom. The number of nitrogens with zero attached hydrogens (tertiary/aromatic N) is 6. The zero-order chi connectivity index (χ0) is 18.5. The second kappa shape index (κ2) is 8.33. The normalized spacial score (nSPS) is 18.3.